The molecule has 0 saturated heterocycles. The van der Waals surface area contributed by atoms with Gasteiger partial charge in [0.25, 0.3) is 5.91 Å². The molecule has 7 heteroatoms. The van der Waals surface area contributed by atoms with Gasteiger partial charge in [0.15, 0.2) is 5.82 Å². The number of phenols is 2. The van der Waals surface area contributed by atoms with Gasteiger partial charge in [-0.1, -0.05) is 66.7 Å². The molecule has 0 aliphatic carbocycles. The maximum absolute atomic E-state index is 13.7. The van der Waals surface area contributed by atoms with E-state index in [0.717, 1.165) is 39.4 Å². The van der Waals surface area contributed by atoms with E-state index in [-0.39, 0.29) is 23.6 Å². The van der Waals surface area contributed by atoms with Gasteiger partial charge < -0.3 is 15.1 Å². The maximum Gasteiger partial charge on any atom is 0.262 e. The smallest absolute Gasteiger partial charge is 0.262 e. The molecule has 0 radical (unpaired) electrons. The number of phenolic OH excluding ortho intramolecular Hbond substituents is 2. The first kappa shape index (κ1) is 24.8. The summed E-state index contributed by atoms with van der Waals surface area (Å²) < 4.78 is 0. The van der Waals surface area contributed by atoms with Crippen LogP contribution >= 0.6 is 0 Å². The van der Waals surface area contributed by atoms with Crippen LogP contribution in [0.2, 0.25) is 0 Å². The highest BCUT2D eigenvalue weighted by molar-refractivity contribution is 6.08. The largest absolute Gasteiger partial charge is 0.508 e. The van der Waals surface area contributed by atoms with Crippen molar-refractivity contribution in [3.8, 4) is 34.1 Å². The number of para-hydroxylation sites is 1. The molecular weight excluding hydrogens is 500 g/mol. The highest BCUT2D eigenvalue weighted by atomic mass is 16.3. The maximum atomic E-state index is 13.7. The minimum absolute atomic E-state index is 0.0834. The van der Waals surface area contributed by atoms with Crippen LogP contribution in [0.15, 0.2) is 122 Å². The van der Waals surface area contributed by atoms with Crippen molar-refractivity contribution in [1.29, 1.82) is 0 Å². The summed E-state index contributed by atoms with van der Waals surface area (Å²) in [4.78, 5) is 29.1. The van der Waals surface area contributed by atoms with Gasteiger partial charge in [0.1, 0.15) is 11.5 Å². The number of hydrogen-bond donors (Lipinski definition) is 2. The summed E-state index contributed by atoms with van der Waals surface area (Å²) in [7, 11) is 0. The molecule has 1 amide bonds. The van der Waals surface area contributed by atoms with Crippen molar-refractivity contribution in [3.63, 3.8) is 0 Å². The van der Waals surface area contributed by atoms with E-state index in [1.165, 1.54) is 12.1 Å². The molecule has 0 saturated carbocycles. The second kappa shape index (κ2) is 10.7. The first-order valence-electron chi connectivity index (χ1n) is 12.7. The zero-order valence-electron chi connectivity index (χ0n) is 21.3. The topological polar surface area (TPSA) is 99.4 Å². The SMILES string of the molecule is O=C(c1ccc(O)cc1O)N(Cc1cccnc1)c1ccc(-c2nc(-c3ccccc3)nc3ccccc23)cc1. The monoisotopic (exact) mass is 524 g/mol. The zero-order chi connectivity index (χ0) is 27.5. The predicted molar refractivity (Wildman–Crippen MR) is 155 cm³/mol. The van der Waals surface area contributed by atoms with Crippen molar-refractivity contribution in [2.45, 2.75) is 6.54 Å². The van der Waals surface area contributed by atoms with Gasteiger partial charge in [-0.3, -0.25) is 9.78 Å². The van der Waals surface area contributed by atoms with Gasteiger partial charge in [0.05, 0.1) is 23.3 Å². The van der Waals surface area contributed by atoms with Gasteiger partial charge in [-0.25, -0.2) is 9.97 Å². The molecule has 2 heterocycles. The molecule has 6 aromatic rings. The Morgan fingerprint density at radius 2 is 1.52 bits per heavy atom. The van der Waals surface area contributed by atoms with E-state index >= 15 is 0 Å². The van der Waals surface area contributed by atoms with Gasteiger partial charge >= 0.3 is 0 Å². The first-order chi connectivity index (χ1) is 19.6. The lowest BCUT2D eigenvalue weighted by Crippen LogP contribution is -2.30. The number of anilines is 1. The highest BCUT2D eigenvalue weighted by Gasteiger charge is 2.22. The number of carbonyl (C=O) groups is 1. The molecule has 4 aromatic carbocycles. The number of hydrogen-bond acceptors (Lipinski definition) is 6. The van der Waals surface area contributed by atoms with Crippen molar-refractivity contribution >= 4 is 22.5 Å². The summed E-state index contributed by atoms with van der Waals surface area (Å²) in [6.45, 7) is 0.237. The number of carbonyl (C=O) groups excluding carboxylic acids is 1. The molecule has 7 nitrogen and oxygen atoms in total. The van der Waals surface area contributed by atoms with Gasteiger partial charge in [0, 0.05) is 40.7 Å². The predicted octanol–water partition coefficient (Wildman–Crippen LogP) is 6.62. The van der Waals surface area contributed by atoms with Crippen molar-refractivity contribution in [1.82, 2.24) is 15.0 Å². The third-order valence-corrected chi connectivity index (χ3v) is 6.61. The third-order valence-electron chi connectivity index (χ3n) is 6.61. The fraction of sp³-hybridized carbons (Fsp3) is 0.0303. The fourth-order valence-corrected chi connectivity index (χ4v) is 4.61. The molecule has 6 rings (SSSR count). The van der Waals surface area contributed by atoms with E-state index in [4.69, 9.17) is 9.97 Å². The lowest BCUT2D eigenvalue weighted by molar-refractivity contribution is 0.0982. The highest BCUT2D eigenvalue weighted by Crippen LogP contribution is 2.32. The Morgan fingerprint density at radius 3 is 2.27 bits per heavy atom. The van der Waals surface area contributed by atoms with Gasteiger partial charge in [-0.15, -0.1) is 0 Å². The lowest BCUT2D eigenvalue weighted by Gasteiger charge is -2.24. The van der Waals surface area contributed by atoms with Crippen molar-refractivity contribution in [2.75, 3.05) is 4.90 Å². The Kier molecular flexibility index (Phi) is 6.60. The molecule has 0 aliphatic rings. The molecule has 0 atom stereocenters. The summed E-state index contributed by atoms with van der Waals surface area (Å²) in [5.74, 6) is -0.189. The van der Waals surface area contributed by atoms with E-state index in [1.54, 1.807) is 17.3 Å². The second-order valence-corrected chi connectivity index (χ2v) is 9.28. The van der Waals surface area contributed by atoms with Crippen molar-refractivity contribution in [2.24, 2.45) is 0 Å². The number of rotatable bonds is 6. The van der Waals surface area contributed by atoms with Crippen LogP contribution in [-0.2, 0) is 6.54 Å². The van der Waals surface area contributed by atoms with Crippen LogP contribution in [-0.4, -0.2) is 31.1 Å². The summed E-state index contributed by atoms with van der Waals surface area (Å²) in [5.41, 5.74) is 4.97. The Hall–Kier alpha value is -5.56. The van der Waals surface area contributed by atoms with Crippen LogP contribution < -0.4 is 4.90 Å². The molecule has 0 unspecified atom stereocenters. The summed E-state index contributed by atoms with van der Waals surface area (Å²) >= 11 is 0. The van der Waals surface area contributed by atoms with E-state index in [9.17, 15) is 15.0 Å². The molecular formula is C33H24N4O3. The zero-order valence-corrected chi connectivity index (χ0v) is 21.3. The quantitative estimate of drug-likeness (QED) is 0.254. The Bertz CT molecular complexity index is 1810. The van der Waals surface area contributed by atoms with Gasteiger partial charge in [0.2, 0.25) is 0 Å². The van der Waals surface area contributed by atoms with E-state index in [1.807, 2.05) is 91.0 Å². The number of pyridine rings is 1. The van der Waals surface area contributed by atoms with Crippen molar-refractivity contribution in [3.05, 3.63) is 133 Å². The molecule has 40 heavy (non-hydrogen) atoms. The van der Waals surface area contributed by atoms with Crippen LogP contribution in [0, 0.1) is 0 Å². The lowest BCUT2D eigenvalue weighted by atomic mass is 10.0. The van der Waals surface area contributed by atoms with E-state index < -0.39 is 5.91 Å². The van der Waals surface area contributed by atoms with Crippen LogP contribution in [0.5, 0.6) is 11.5 Å². The first-order valence-corrected chi connectivity index (χ1v) is 12.7. The average Bonchev–Trinajstić information content (AvgIpc) is 3.00. The summed E-state index contributed by atoms with van der Waals surface area (Å²) in [5, 5.41) is 21.0. The summed E-state index contributed by atoms with van der Waals surface area (Å²) in [6, 6.07) is 33.0. The standard InChI is InChI=1S/C33H24N4O3/c38-26-16-17-28(30(39)19-26)33(40)37(21-22-7-6-18-34-20-22)25-14-12-23(13-15-25)31-27-10-4-5-11-29(27)35-32(36-31)24-8-2-1-3-9-24/h1-20,38-39H,21H2. The van der Waals surface area contributed by atoms with Crippen LogP contribution in [0.4, 0.5) is 5.69 Å². The molecule has 194 valence electrons. The number of benzene rings is 4. The minimum Gasteiger partial charge on any atom is -0.508 e. The number of nitrogens with zero attached hydrogens (tertiary/aromatic N) is 4. The molecule has 0 aliphatic heterocycles. The third kappa shape index (κ3) is 4.96. The van der Waals surface area contributed by atoms with Gasteiger partial charge in [-0.2, -0.15) is 0 Å². The van der Waals surface area contributed by atoms with Crippen molar-refractivity contribution < 1.29 is 15.0 Å². The number of aromatic nitrogens is 3. The van der Waals surface area contributed by atoms with Crippen LogP contribution in [0.25, 0.3) is 33.5 Å². The van der Waals surface area contributed by atoms with E-state index in [0.29, 0.717) is 11.5 Å². The average molecular weight is 525 g/mol. The molecule has 0 fully saturated rings. The number of fused-ring (bicyclic) bond motifs is 1. The van der Waals surface area contributed by atoms with Crippen LogP contribution in [0.3, 0.4) is 0 Å². The number of amides is 1. The van der Waals surface area contributed by atoms with Crippen LogP contribution in [0.1, 0.15) is 15.9 Å². The molecule has 0 spiro atoms. The fourth-order valence-electron chi connectivity index (χ4n) is 4.61. The Morgan fingerprint density at radius 1 is 0.750 bits per heavy atom. The molecule has 2 aromatic heterocycles. The Balaban J connectivity index is 1.42. The second-order valence-electron chi connectivity index (χ2n) is 9.28. The van der Waals surface area contributed by atoms with E-state index in [2.05, 4.69) is 4.98 Å². The number of aromatic hydroxyl groups is 2. The van der Waals surface area contributed by atoms with Gasteiger partial charge in [-0.05, 0) is 42.0 Å². The minimum atomic E-state index is -0.409. The summed E-state index contributed by atoms with van der Waals surface area (Å²) in [6.07, 6.45) is 3.37. The normalized spacial score (nSPS) is 10.9. The Labute approximate surface area is 230 Å². The molecule has 0 bridgehead atoms. The molecule has 2 N–H and O–H groups in total.